The van der Waals surface area contributed by atoms with Gasteiger partial charge in [0.1, 0.15) is 24.4 Å². The van der Waals surface area contributed by atoms with Crippen LogP contribution in [0, 0.1) is 0 Å². The van der Waals surface area contributed by atoms with Gasteiger partial charge in [0.25, 0.3) is 0 Å². The van der Waals surface area contributed by atoms with Crippen LogP contribution in [0.4, 0.5) is 13.2 Å². The predicted octanol–water partition coefficient (Wildman–Crippen LogP) is 3.62. The lowest BCUT2D eigenvalue weighted by Crippen LogP contribution is -2.61. The zero-order chi connectivity index (χ0) is 30.3. The molecule has 3 N–H and O–H groups in total. The largest absolute Gasteiger partial charge is 0.492 e. The third kappa shape index (κ3) is 7.61. The van der Waals surface area contributed by atoms with Crippen LogP contribution in [0.25, 0.3) is 0 Å². The van der Waals surface area contributed by atoms with Crippen molar-refractivity contribution in [2.75, 3.05) is 26.7 Å². The fourth-order valence-electron chi connectivity index (χ4n) is 5.62. The number of nitrogens with one attached hydrogen (secondary N) is 3. The number of benzene rings is 2. The Balaban J connectivity index is 1.57. The molecule has 0 bridgehead atoms. The van der Waals surface area contributed by atoms with Crippen LogP contribution in [0.15, 0.2) is 48.5 Å². The number of rotatable bonds is 2. The summed E-state index contributed by atoms with van der Waals surface area (Å²) in [5, 5.41) is 9.02. The molecule has 1 spiro atoms. The first-order valence-electron chi connectivity index (χ1n) is 14.5. The van der Waals surface area contributed by atoms with Crippen LogP contribution >= 0.6 is 0 Å². The first-order chi connectivity index (χ1) is 20.0. The number of carbonyl (C=O) groups is 3. The molecule has 42 heavy (non-hydrogen) atoms. The van der Waals surface area contributed by atoms with E-state index in [1.807, 2.05) is 24.3 Å². The van der Waals surface area contributed by atoms with Gasteiger partial charge in [0.2, 0.25) is 17.7 Å². The lowest BCUT2D eigenvalue weighted by molar-refractivity contribution is -0.144. The molecule has 0 radical (unpaired) electrons. The van der Waals surface area contributed by atoms with Crippen molar-refractivity contribution >= 4 is 17.7 Å². The number of alkyl halides is 3. The summed E-state index contributed by atoms with van der Waals surface area (Å²) >= 11 is 0. The normalized spacial score (nSPS) is 22.9. The number of likely N-dealkylation sites (N-methyl/N-ethyl adjacent to an activating group) is 1. The standard InChI is InChI=1S/C31H39F3N4O4/c1-21-27(39)37-25(20-22-11-13-24(14-12-22)31(32,33)34)28(40)35-17-7-9-23-8-3-4-10-26(23)42-19-18-36-30(15-5-6-16-30)29(41)38(21)2/h3-4,8,10-14,21,25,36H,5-7,9,15-20H2,1-2H3,(H,35,40)(H,37,39)/t21-,25-/m1/s1. The van der Waals surface area contributed by atoms with E-state index in [4.69, 9.17) is 4.74 Å². The molecule has 1 aliphatic carbocycles. The molecular weight excluding hydrogens is 549 g/mol. The van der Waals surface area contributed by atoms with E-state index in [0.717, 1.165) is 36.3 Å². The summed E-state index contributed by atoms with van der Waals surface area (Å²) in [5.74, 6) is -0.432. The zero-order valence-electron chi connectivity index (χ0n) is 24.1. The molecule has 4 rings (SSSR count). The third-order valence-corrected chi connectivity index (χ3v) is 8.22. The highest BCUT2D eigenvalue weighted by Gasteiger charge is 2.44. The quantitative estimate of drug-likeness (QED) is 0.498. The second-order valence-corrected chi connectivity index (χ2v) is 11.1. The molecule has 11 heteroatoms. The number of aryl methyl sites for hydroxylation is 1. The number of amides is 3. The average Bonchev–Trinajstić information content (AvgIpc) is 3.46. The third-order valence-electron chi connectivity index (χ3n) is 8.22. The Morgan fingerprint density at radius 3 is 2.33 bits per heavy atom. The van der Waals surface area contributed by atoms with Crippen LogP contribution in [0.2, 0.25) is 0 Å². The van der Waals surface area contributed by atoms with Crippen LogP contribution in [0.5, 0.6) is 5.75 Å². The van der Waals surface area contributed by atoms with Crippen molar-refractivity contribution in [3.05, 3.63) is 65.2 Å². The second kappa shape index (κ2) is 13.6. The summed E-state index contributed by atoms with van der Waals surface area (Å²) in [6.45, 7) is 2.75. The fourth-order valence-corrected chi connectivity index (χ4v) is 5.62. The number of hydrogen-bond acceptors (Lipinski definition) is 5. The topological polar surface area (TPSA) is 99.8 Å². The van der Waals surface area contributed by atoms with Gasteiger partial charge in [-0.15, -0.1) is 0 Å². The van der Waals surface area contributed by atoms with Gasteiger partial charge in [-0.1, -0.05) is 43.2 Å². The number of halogens is 3. The summed E-state index contributed by atoms with van der Waals surface area (Å²) in [7, 11) is 1.57. The highest BCUT2D eigenvalue weighted by atomic mass is 19.4. The number of carbonyl (C=O) groups excluding carboxylic acids is 3. The minimum absolute atomic E-state index is 0.0116. The van der Waals surface area contributed by atoms with Crippen molar-refractivity contribution < 1.29 is 32.3 Å². The summed E-state index contributed by atoms with van der Waals surface area (Å²) in [6.07, 6.45) is -0.196. The van der Waals surface area contributed by atoms with Gasteiger partial charge in [0.05, 0.1) is 11.1 Å². The Labute approximate surface area is 244 Å². The number of ether oxygens (including phenoxy) is 1. The van der Waals surface area contributed by atoms with E-state index < -0.39 is 41.2 Å². The van der Waals surface area contributed by atoms with Gasteiger partial charge in [-0.25, -0.2) is 0 Å². The van der Waals surface area contributed by atoms with Crippen LogP contribution < -0.4 is 20.7 Å². The number of para-hydroxylation sites is 1. The van der Waals surface area contributed by atoms with Crippen molar-refractivity contribution in [3.63, 3.8) is 0 Å². The molecule has 8 nitrogen and oxygen atoms in total. The van der Waals surface area contributed by atoms with E-state index in [2.05, 4.69) is 16.0 Å². The van der Waals surface area contributed by atoms with Gasteiger partial charge < -0.3 is 20.3 Å². The summed E-state index contributed by atoms with van der Waals surface area (Å²) in [4.78, 5) is 41.8. The van der Waals surface area contributed by atoms with Gasteiger partial charge in [0.15, 0.2) is 0 Å². The summed E-state index contributed by atoms with van der Waals surface area (Å²) in [5.41, 5.74) is -0.156. The second-order valence-electron chi connectivity index (χ2n) is 11.1. The van der Waals surface area contributed by atoms with Crippen LogP contribution in [-0.4, -0.2) is 67.0 Å². The molecule has 1 fully saturated rings. The Bertz CT molecular complexity index is 1250. The molecule has 1 saturated carbocycles. The van der Waals surface area contributed by atoms with Gasteiger partial charge in [-0.3, -0.25) is 19.7 Å². The first kappa shape index (κ1) is 31.3. The Kier molecular flexibility index (Phi) is 10.1. The molecule has 2 atom stereocenters. The van der Waals surface area contributed by atoms with E-state index in [0.29, 0.717) is 50.9 Å². The highest BCUT2D eigenvalue weighted by Crippen LogP contribution is 2.32. The fraction of sp³-hybridized carbons (Fsp3) is 0.516. The molecule has 2 aromatic carbocycles. The van der Waals surface area contributed by atoms with E-state index in [1.54, 1.807) is 14.0 Å². The minimum atomic E-state index is -4.48. The number of fused-ring (bicyclic) bond motifs is 1. The molecule has 228 valence electrons. The lowest BCUT2D eigenvalue weighted by Gasteiger charge is -2.36. The average molecular weight is 589 g/mol. The van der Waals surface area contributed by atoms with Gasteiger partial charge >= 0.3 is 6.18 Å². The molecule has 0 aromatic heterocycles. The van der Waals surface area contributed by atoms with Gasteiger partial charge in [-0.05, 0) is 61.9 Å². The van der Waals surface area contributed by atoms with E-state index in [1.165, 1.54) is 17.0 Å². The Hall–Kier alpha value is -3.60. The van der Waals surface area contributed by atoms with Crippen molar-refractivity contribution in [3.8, 4) is 5.75 Å². The van der Waals surface area contributed by atoms with Crippen molar-refractivity contribution in [1.29, 1.82) is 0 Å². The maximum atomic E-state index is 13.7. The Morgan fingerprint density at radius 2 is 1.64 bits per heavy atom. The number of nitrogens with zero attached hydrogens (tertiary/aromatic N) is 1. The smallest absolute Gasteiger partial charge is 0.416 e. The molecule has 0 unspecified atom stereocenters. The zero-order valence-corrected chi connectivity index (χ0v) is 24.1. The van der Waals surface area contributed by atoms with Crippen LogP contribution in [0.3, 0.4) is 0 Å². The first-order valence-corrected chi connectivity index (χ1v) is 14.5. The SMILES string of the molecule is C[C@@H]1C(=O)N[C@H](Cc2ccc(C(F)(F)F)cc2)C(=O)NCCCc2ccccc2OCCNC2(CCCC2)C(=O)N1C. The summed E-state index contributed by atoms with van der Waals surface area (Å²) < 4.78 is 45.2. The molecule has 2 aliphatic rings. The van der Waals surface area contributed by atoms with Crippen LogP contribution in [-0.2, 0) is 33.4 Å². The highest BCUT2D eigenvalue weighted by molar-refractivity contribution is 5.94. The molecule has 1 aliphatic heterocycles. The van der Waals surface area contributed by atoms with E-state index in [-0.39, 0.29) is 12.3 Å². The van der Waals surface area contributed by atoms with Crippen molar-refractivity contribution in [1.82, 2.24) is 20.9 Å². The molecule has 3 amide bonds. The van der Waals surface area contributed by atoms with E-state index >= 15 is 0 Å². The van der Waals surface area contributed by atoms with Crippen molar-refractivity contribution in [2.45, 2.75) is 75.7 Å². The van der Waals surface area contributed by atoms with Crippen LogP contribution in [0.1, 0.15) is 55.7 Å². The Morgan fingerprint density at radius 1 is 0.952 bits per heavy atom. The van der Waals surface area contributed by atoms with Gasteiger partial charge in [-0.2, -0.15) is 13.2 Å². The predicted molar refractivity (Wildman–Crippen MR) is 152 cm³/mol. The van der Waals surface area contributed by atoms with Gasteiger partial charge in [0, 0.05) is 26.6 Å². The molecular formula is C31H39F3N4O4. The van der Waals surface area contributed by atoms with E-state index in [9.17, 15) is 27.6 Å². The number of hydrogen-bond donors (Lipinski definition) is 3. The molecule has 0 saturated heterocycles. The molecule has 2 aromatic rings. The molecule has 1 heterocycles. The summed E-state index contributed by atoms with van der Waals surface area (Å²) in [6, 6.07) is 10.3. The monoisotopic (exact) mass is 588 g/mol. The van der Waals surface area contributed by atoms with Crippen molar-refractivity contribution in [2.24, 2.45) is 0 Å². The maximum Gasteiger partial charge on any atom is 0.416 e. The maximum absolute atomic E-state index is 13.7. The minimum Gasteiger partial charge on any atom is -0.492 e. The lowest BCUT2D eigenvalue weighted by atomic mass is 9.94.